The zero-order valence-corrected chi connectivity index (χ0v) is 10.9. The van der Waals surface area contributed by atoms with E-state index in [0.717, 1.165) is 12.0 Å². The Morgan fingerprint density at radius 1 is 1.35 bits per heavy atom. The topological polar surface area (TPSA) is 37.4 Å². The molecule has 4 heteroatoms. The van der Waals surface area contributed by atoms with Crippen LogP contribution < -0.4 is 0 Å². The molecule has 2 atom stereocenters. The predicted molar refractivity (Wildman–Crippen MR) is 68.3 cm³/mol. The first kappa shape index (κ1) is 12.3. The summed E-state index contributed by atoms with van der Waals surface area (Å²) in [5, 5.41) is 0. The van der Waals surface area contributed by atoms with Gasteiger partial charge in [0, 0.05) is 12.1 Å². The highest BCUT2D eigenvalue weighted by Crippen LogP contribution is 2.33. The van der Waals surface area contributed by atoms with Crippen LogP contribution in [0.3, 0.4) is 0 Å². The van der Waals surface area contributed by atoms with E-state index in [9.17, 15) is 8.42 Å². The fourth-order valence-corrected chi connectivity index (χ4v) is 4.01. The third-order valence-electron chi connectivity index (χ3n) is 3.21. The van der Waals surface area contributed by atoms with Crippen LogP contribution in [-0.2, 0) is 10.0 Å². The van der Waals surface area contributed by atoms with E-state index in [0.29, 0.717) is 4.90 Å². The molecule has 1 saturated heterocycles. The van der Waals surface area contributed by atoms with Crippen molar-refractivity contribution in [2.75, 3.05) is 0 Å². The molecule has 1 aromatic rings. The summed E-state index contributed by atoms with van der Waals surface area (Å²) in [6.45, 7) is 7.54. The van der Waals surface area contributed by atoms with Gasteiger partial charge in [-0.05, 0) is 32.4 Å². The molecule has 1 aromatic carbocycles. The number of hydrogen-bond acceptors (Lipinski definition) is 2. The summed E-state index contributed by atoms with van der Waals surface area (Å²) >= 11 is 0. The van der Waals surface area contributed by atoms with E-state index in [1.807, 2.05) is 26.0 Å². The number of aryl methyl sites for hydroxylation is 1. The Bertz CT molecular complexity index is 519. The number of nitrogens with zero attached hydrogens (tertiary/aromatic N) is 1. The number of rotatable bonds is 3. The number of sulfonamides is 1. The molecule has 1 aliphatic rings. The lowest BCUT2D eigenvalue weighted by atomic mass is 9.99. The van der Waals surface area contributed by atoms with Gasteiger partial charge in [0.25, 0.3) is 0 Å². The molecule has 17 heavy (non-hydrogen) atoms. The number of benzene rings is 1. The minimum atomic E-state index is -3.37. The summed E-state index contributed by atoms with van der Waals surface area (Å²) < 4.78 is 26.3. The van der Waals surface area contributed by atoms with E-state index in [2.05, 4.69) is 6.58 Å². The standard InChI is InChI=1S/C13H17NO2S/c1-4-12-9-11(3)14(12)17(15,16)13-7-5-10(2)6-8-13/h4-8,11-12H,1,9H2,2-3H3/t11-,12+/m1/s1. The average molecular weight is 251 g/mol. The van der Waals surface area contributed by atoms with Crippen molar-refractivity contribution < 1.29 is 8.42 Å². The van der Waals surface area contributed by atoms with Crippen LogP contribution in [0.1, 0.15) is 18.9 Å². The summed E-state index contributed by atoms with van der Waals surface area (Å²) in [4.78, 5) is 0.363. The summed E-state index contributed by atoms with van der Waals surface area (Å²) in [7, 11) is -3.37. The molecule has 0 unspecified atom stereocenters. The molecule has 0 saturated carbocycles. The molecule has 1 heterocycles. The van der Waals surface area contributed by atoms with Gasteiger partial charge in [0.2, 0.25) is 10.0 Å². The highest BCUT2D eigenvalue weighted by atomic mass is 32.2. The van der Waals surface area contributed by atoms with Gasteiger partial charge in [-0.2, -0.15) is 4.31 Å². The highest BCUT2D eigenvalue weighted by Gasteiger charge is 2.42. The maximum absolute atomic E-state index is 12.4. The molecule has 0 amide bonds. The van der Waals surface area contributed by atoms with Crippen molar-refractivity contribution in [3.05, 3.63) is 42.5 Å². The smallest absolute Gasteiger partial charge is 0.207 e. The van der Waals surface area contributed by atoms with Crippen molar-refractivity contribution in [3.8, 4) is 0 Å². The zero-order chi connectivity index (χ0) is 12.6. The maximum atomic E-state index is 12.4. The van der Waals surface area contributed by atoms with Crippen LogP contribution >= 0.6 is 0 Å². The molecular weight excluding hydrogens is 234 g/mol. The molecule has 3 nitrogen and oxygen atoms in total. The van der Waals surface area contributed by atoms with E-state index in [-0.39, 0.29) is 12.1 Å². The van der Waals surface area contributed by atoms with Gasteiger partial charge < -0.3 is 0 Å². The molecule has 0 bridgehead atoms. The highest BCUT2D eigenvalue weighted by molar-refractivity contribution is 7.89. The minimum absolute atomic E-state index is 0.0590. The van der Waals surface area contributed by atoms with Crippen molar-refractivity contribution in [2.24, 2.45) is 0 Å². The first-order valence-corrected chi connectivity index (χ1v) is 7.13. The lowest BCUT2D eigenvalue weighted by Crippen LogP contribution is -2.55. The second kappa shape index (κ2) is 4.27. The first-order chi connectivity index (χ1) is 7.96. The second-order valence-electron chi connectivity index (χ2n) is 4.54. The Labute approximate surface area is 103 Å². The molecule has 2 rings (SSSR count). The van der Waals surface area contributed by atoms with E-state index < -0.39 is 10.0 Å². The van der Waals surface area contributed by atoms with Gasteiger partial charge in [0.15, 0.2) is 0 Å². The van der Waals surface area contributed by atoms with Crippen LogP contribution in [0.5, 0.6) is 0 Å². The molecule has 0 radical (unpaired) electrons. The molecular formula is C13H17NO2S. The Morgan fingerprint density at radius 3 is 2.41 bits per heavy atom. The number of hydrogen-bond donors (Lipinski definition) is 0. The summed E-state index contributed by atoms with van der Waals surface area (Å²) in [6.07, 6.45) is 2.56. The largest absolute Gasteiger partial charge is 0.243 e. The van der Waals surface area contributed by atoms with Crippen molar-refractivity contribution >= 4 is 10.0 Å². The Balaban J connectivity index is 2.36. The average Bonchev–Trinajstić information content (AvgIpc) is 2.25. The fraction of sp³-hybridized carbons (Fsp3) is 0.385. The predicted octanol–water partition coefficient (Wildman–Crippen LogP) is 2.33. The summed E-state index contributed by atoms with van der Waals surface area (Å²) in [5.74, 6) is 0. The van der Waals surface area contributed by atoms with E-state index in [4.69, 9.17) is 0 Å². The Kier molecular flexibility index (Phi) is 3.10. The van der Waals surface area contributed by atoms with Gasteiger partial charge in [-0.3, -0.25) is 0 Å². The van der Waals surface area contributed by atoms with Crippen molar-refractivity contribution in [1.82, 2.24) is 4.31 Å². The zero-order valence-electron chi connectivity index (χ0n) is 10.1. The Hall–Kier alpha value is -1.13. The van der Waals surface area contributed by atoms with Crippen LogP contribution in [0.15, 0.2) is 41.8 Å². The minimum Gasteiger partial charge on any atom is -0.207 e. The van der Waals surface area contributed by atoms with Crippen molar-refractivity contribution in [3.63, 3.8) is 0 Å². The van der Waals surface area contributed by atoms with E-state index in [1.165, 1.54) is 4.31 Å². The van der Waals surface area contributed by atoms with Gasteiger partial charge in [-0.1, -0.05) is 23.8 Å². The molecule has 0 aromatic heterocycles. The van der Waals surface area contributed by atoms with Crippen LogP contribution in [-0.4, -0.2) is 24.8 Å². The first-order valence-electron chi connectivity index (χ1n) is 5.69. The lowest BCUT2D eigenvalue weighted by Gasteiger charge is -2.44. The SMILES string of the molecule is C=C[C@H]1C[C@@H](C)N1S(=O)(=O)c1ccc(C)cc1. The second-order valence-corrected chi connectivity index (χ2v) is 6.38. The van der Waals surface area contributed by atoms with Gasteiger partial charge in [-0.25, -0.2) is 8.42 Å². The van der Waals surface area contributed by atoms with Gasteiger partial charge in [0.05, 0.1) is 4.90 Å². The normalized spacial score (nSPS) is 25.3. The molecule has 0 spiro atoms. The van der Waals surface area contributed by atoms with Crippen LogP contribution in [0.2, 0.25) is 0 Å². The third-order valence-corrected chi connectivity index (χ3v) is 5.27. The Morgan fingerprint density at radius 2 is 1.94 bits per heavy atom. The third kappa shape index (κ3) is 2.03. The van der Waals surface area contributed by atoms with Crippen LogP contribution in [0.25, 0.3) is 0 Å². The van der Waals surface area contributed by atoms with Gasteiger partial charge in [-0.15, -0.1) is 6.58 Å². The molecule has 1 fully saturated rings. The lowest BCUT2D eigenvalue weighted by molar-refractivity contribution is 0.161. The summed E-state index contributed by atoms with van der Waals surface area (Å²) in [6, 6.07) is 6.97. The van der Waals surface area contributed by atoms with E-state index >= 15 is 0 Å². The molecule has 0 N–H and O–H groups in total. The maximum Gasteiger partial charge on any atom is 0.243 e. The van der Waals surface area contributed by atoms with Crippen molar-refractivity contribution in [1.29, 1.82) is 0 Å². The van der Waals surface area contributed by atoms with Crippen LogP contribution in [0.4, 0.5) is 0 Å². The quantitative estimate of drug-likeness (QED) is 0.773. The van der Waals surface area contributed by atoms with Crippen molar-refractivity contribution in [2.45, 2.75) is 37.2 Å². The van der Waals surface area contributed by atoms with Crippen LogP contribution in [0, 0.1) is 6.92 Å². The van der Waals surface area contributed by atoms with Gasteiger partial charge in [0.1, 0.15) is 0 Å². The molecule has 0 aliphatic carbocycles. The monoisotopic (exact) mass is 251 g/mol. The molecule has 1 aliphatic heterocycles. The van der Waals surface area contributed by atoms with Gasteiger partial charge >= 0.3 is 0 Å². The van der Waals surface area contributed by atoms with E-state index in [1.54, 1.807) is 18.2 Å². The summed E-state index contributed by atoms with van der Waals surface area (Å²) in [5.41, 5.74) is 1.06. The molecule has 92 valence electrons. The fourth-order valence-electron chi connectivity index (χ4n) is 2.19.